The summed E-state index contributed by atoms with van der Waals surface area (Å²) in [5, 5.41) is 0. The Morgan fingerprint density at radius 3 is 2.36 bits per heavy atom. The van der Waals surface area contributed by atoms with Gasteiger partial charge >= 0.3 is 0 Å². The van der Waals surface area contributed by atoms with Gasteiger partial charge in [-0.15, -0.1) is 0 Å². The molecule has 2 nitrogen and oxygen atoms in total. The zero-order chi connectivity index (χ0) is 16.1. The largest absolute Gasteiger partial charge is 0.370 e. The summed E-state index contributed by atoms with van der Waals surface area (Å²) in [7, 11) is 0. The second-order valence-electron chi connectivity index (χ2n) is 5.88. The van der Waals surface area contributed by atoms with Gasteiger partial charge in [0.1, 0.15) is 0 Å². The molecule has 1 atom stereocenters. The van der Waals surface area contributed by atoms with Crippen molar-refractivity contribution in [1.82, 2.24) is 0 Å². The fourth-order valence-corrected chi connectivity index (χ4v) is 2.66. The molecule has 22 heavy (non-hydrogen) atoms. The molecule has 1 amide bonds. The van der Waals surface area contributed by atoms with E-state index in [9.17, 15) is 4.79 Å². The van der Waals surface area contributed by atoms with Crippen molar-refractivity contribution in [3.05, 3.63) is 70.3 Å². The van der Waals surface area contributed by atoms with Crippen molar-refractivity contribution < 1.29 is 4.79 Å². The number of benzene rings is 2. The summed E-state index contributed by atoms with van der Waals surface area (Å²) in [6, 6.07) is 14.6. The molecule has 2 N–H and O–H groups in total. The van der Waals surface area contributed by atoms with Gasteiger partial charge in [0, 0.05) is 6.42 Å². The maximum absolute atomic E-state index is 11.1. The van der Waals surface area contributed by atoms with E-state index in [1.54, 1.807) is 0 Å². The Bertz CT molecular complexity index is 680. The average Bonchev–Trinajstić information content (AvgIpc) is 2.46. The molecular formula is C20H23NO. The molecule has 0 bridgehead atoms. The highest BCUT2D eigenvalue weighted by Crippen LogP contribution is 2.22. The molecule has 0 aliphatic carbocycles. The lowest BCUT2D eigenvalue weighted by atomic mass is 9.95. The molecule has 2 rings (SSSR count). The Kier molecular flexibility index (Phi) is 5.16. The maximum Gasteiger partial charge on any atom is 0.218 e. The molecule has 0 radical (unpaired) electrons. The molecule has 1 unspecified atom stereocenters. The minimum Gasteiger partial charge on any atom is -0.370 e. The number of carbonyl (C=O) groups excluding carboxylic acids is 1. The van der Waals surface area contributed by atoms with Gasteiger partial charge < -0.3 is 5.73 Å². The van der Waals surface area contributed by atoms with Gasteiger partial charge in [0.2, 0.25) is 5.91 Å². The molecule has 0 aromatic heterocycles. The normalized spacial score (nSPS) is 12.5. The van der Waals surface area contributed by atoms with Gasteiger partial charge in [-0.3, -0.25) is 4.79 Å². The zero-order valence-electron chi connectivity index (χ0n) is 13.5. The van der Waals surface area contributed by atoms with E-state index in [2.05, 4.69) is 56.3 Å². The van der Waals surface area contributed by atoms with Crippen LogP contribution in [0, 0.1) is 13.8 Å². The van der Waals surface area contributed by atoms with Crippen LogP contribution in [0.4, 0.5) is 0 Å². The van der Waals surface area contributed by atoms with Crippen molar-refractivity contribution in [1.29, 1.82) is 0 Å². The van der Waals surface area contributed by atoms with Crippen LogP contribution in [0.2, 0.25) is 0 Å². The van der Waals surface area contributed by atoms with Crippen molar-refractivity contribution >= 4 is 18.1 Å². The van der Waals surface area contributed by atoms with Crippen molar-refractivity contribution in [2.75, 3.05) is 0 Å². The number of hydrogen-bond donors (Lipinski definition) is 1. The third-order valence-corrected chi connectivity index (χ3v) is 3.97. The number of aryl methyl sites for hydroxylation is 2. The topological polar surface area (TPSA) is 43.1 Å². The van der Waals surface area contributed by atoms with Gasteiger partial charge in [0.05, 0.1) is 0 Å². The smallest absolute Gasteiger partial charge is 0.218 e. The lowest BCUT2D eigenvalue weighted by Gasteiger charge is -2.10. The first-order chi connectivity index (χ1) is 10.5. The van der Waals surface area contributed by atoms with E-state index in [1.807, 2.05) is 19.1 Å². The first kappa shape index (κ1) is 16.0. The summed E-state index contributed by atoms with van der Waals surface area (Å²) in [5.74, 6) is -0.116. The highest BCUT2D eigenvalue weighted by molar-refractivity contribution is 5.75. The van der Waals surface area contributed by atoms with Crippen LogP contribution in [0.1, 0.15) is 47.1 Å². The van der Waals surface area contributed by atoms with Crippen molar-refractivity contribution in [3.8, 4) is 0 Å². The molecule has 0 aliphatic rings. The molecule has 2 aromatic carbocycles. The first-order valence-corrected chi connectivity index (χ1v) is 7.60. The van der Waals surface area contributed by atoms with Crippen LogP contribution in [0.15, 0.2) is 42.5 Å². The number of carbonyl (C=O) groups is 1. The second-order valence-corrected chi connectivity index (χ2v) is 5.88. The van der Waals surface area contributed by atoms with E-state index in [4.69, 9.17) is 5.73 Å². The molecule has 114 valence electrons. The molecule has 0 spiro atoms. The number of rotatable bonds is 5. The van der Waals surface area contributed by atoms with Crippen LogP contribution in [-0.4, -0.2) is 5.91 Å². The van der Waals surface area contributed by atoms with E-state index in [1.165, 1.54) is 16.7 Å². The summed E-state index contributed by atoms with van der Waals surface area (Å²) in [5.41, 5.74) is 11.4. The predicted octanol–water partition coefficient (Wildman–Crippen LogP) is 4.45. The van der Waals surface area contributed by atoms with E-state index >= 15 is 0 Å². The molecule has 0 aliphatic heterocycles. The van der Waals surface area contributed by atoms with Crippen LogP contribution >= 0.6 is 0 Å². The summed E-state index contributed by atoms with van der Waals surface area (Å²) in [6.45, 7) is 6.27. The Morgan fingerprint density at radius 2 is 1.73 bits per heavy atom. The van der Waals surface area contributed by atoms with Gasteiger partial charge in [0.15, 0.2) is 0 Å². The van der Waals surface area contributed by atoms with Gasteiger partial charge in [-0.05, 0) is 47.6 Å². The van der Waals surface area contributed by atoms with E-state index in [0.29, 0.717) is 6.42 Å². The highest BCUT2D eigenvalue weighted by atomic mass is 16.1. The Morgan fingerprint density at radius 1 is 1.09 bits per heavy atom. The third-order valence-electron chi connectivity index (χ3n) is 3.97. The van der Waals surface area contributed by atoms with Crippen molar-refractivity contribution in [2.45, 2.75) is 33.1 Å². The number of amides is 1. The lowest BCUT2D eigenvalue weighted by Crippen LogP contribution is -2.13. The Balaban J connectivity index is 2.23. The monoisotopic (exact) mass is 293 g/mol. The Hall–Kier alpha value is -2.35. The van der Waals surface area contributed by atoms with Gasteiger partial charge in [-0.1, -0.05) is 61.5 Å². The molecule has 0 heterocycles. The fraction of sp³-hybridized carbons (Fsp3) is 0.250. The summed E-state index contributed by atoms with van der Waals surface area (Å²) < 4.78 is 0. The quantitative estimate of drug-likeness (QED) is 0.813. The zero-order valence-corrected chi connectivity index (χ0v) is 13.5. The van der Waals surface area contributed by atoms with E-state index in [0.717, 1.165) is 11.1 Å². The fourth-order valence-electron chi connectivity index (χ4n) is 2.66. The van der Waals surface area contributed by atoms with Gasteiger partial charge in [0.25, 0.3) is 0 Å². The number of nitrogens with two attached hydrogens (primary N) is 1. The van der Waals surface area contributed by atoms with Crippen LogP contribution in [0.5, 0.6) is 0 Å². The molecule has 2 aromatic rings. The second kappa shape index (κ2) is 7.08. The average molecular weight is 293 g/mol. The number of hydrogen-bond acceptors (Lipinski definition) is 1. The van der Waals surface area contributed by atoms with E-state index in [-0.39, 0.29) is 11.8 Å². The molecule has 0 saturated heterocycles. The Labute approximate surface area is 132 Å². The summed E-state index contributed by atoms with van der Waals surface area (Å²) >= 11 is 0. The lowest BCUT2D eigenvalue weighted by molar-refractivity contribution is -0.118. The first-order valence-electron chi connectivity index (χ1n) is 7.60. The third kappa shape index (κ3) is 4.08. The minimum atomic E-state index is -0.260. The molecular weight excluding hydrogens is 270 g/mol. The standard InChI is InChI=1S/C20H23NO/c1-14-6-4-7-15(2)19(14)11-10-17-8-5-9-18(13-17)16(3)12-20(21)22/h4-11,13,16H,12H2,1-3H3,(H2,21,22). The number of primary amides is 1. The SMILES string of the molecule is Cc1cccc(C)c1C=Cc1cccc(C(C)CC(N)=O)c1. The van der Waals surface area contributed by atoms with Crippen LogP contribution in [0.3, 0.4) is 0 Å². The van der Waals surface area contributed by atoms with Crippen molar-refractivity contribution in [3.63, 3.8) is 0 Å². The molecule has 2 heteroatoms. The van der Waals surface area contributed by atoms with Crippen LogP contribution in [-0.2, 0) is 4.79 Å². The highest BCUT2D eigenvalue weighted by Gasteiger charge is 2.08. The van der Waals surface area contributed by atoms with E-state index < -0.39 is 0 Å². The molecule has 0 fully saturated rings. The summed E-state index contributed by atoms with van der Waals surface area (Å²) in [4.78, 5) is 11.1. The van der Waals surface area contributed by atoms with Gasteiger partial charge in [-0.25, -0.2) is 0 Å². The van der Waals surface area contributed by atoms with Crippen LogP contribution in [0.25, 0.3) is 12.2 Å². The predicted molar refractivity (Wildman–Crippen MR) is 93.5 cm³/mol. The van der Waals surface area contributed by atoms with Gasteiger partial charge in [-0.2, -0.15) is 0 Å². The summed E-state index contributed by atoms with van der Waals surface area (Å²) in [6.07, 6.45) is 4.66. The maximum atomic E-state index is 11.1. The molecule has 0 saturated carbocycles. The minimum absolute atomic E-state index is 0.144. The van der Waals surface area contributed by atoms with Crippen molar-refractivity contribution in [2.24, 2.45) is 5.73 Å². The van der Waals surface area contributed by atoms with Crippen LogP contribution < -0.4 is 5.73 Å².